The number of nitrogens with zero attached hydrogens (tertiary/aromatic N) is 1. The van der Waals surface area contributed by atoms with Gasteiger partial charge in [-0.3, -0.25) is 0 Å². The van der Waals surface area contributed by atoms with E-state index in [1.54, 1.807) is 0 Å². The summed E-state index contributed by atoms with van der Waals surface area (Å²) in [5.41, 5.74) is 1.75. The standard InChI is InChI=1S/C15H13NO/c1-13-7-5-8-14(16-13)9-6-12-17-15-10-3-2-4-11-15/h2-5,7-8,10-11H,12H2,1H3. The Morgan fingerprint density at radius 1 is 1.06 bits per heavy atom. The second kappa shape index (κ2) is 5.72. The Labute approximate surface area is 101 Å². The van der Waals surface area contributed by atoms with Gasteiger partial charge in [0.2, 0.25) is 0 Å². The molecule has 0 unspecified atom stereocenters. The van der Waals surface area contributed by atoms with Crippen LogP contribution in [0.15, 0.2) is 48.5 Å². The molecule has 0 bridgehead atoms. The van der Waals surface area contributed by atoms with E-state index in [9.17, 15) is 0 Å². The molecule has 17 heavy (non-hydrogen) atoms. The second-order valence-electron chi connectivity index (χ2n) is 3.57. The lowest BCUT2D eigenvalue weighted by Crippen LogP contribution is -1.93. The highest BCUT2D eigenvalue weighted by molar-refractivity contribution is 5.29. The van der Waals surface area contributed by atoms with Crippen LogP contribution in [-0.4, -0.2) is 11.6 Å². The van der Waals surface area contributed by atoms with E-state index in [2.05, 4.69) is 16.8 Å². The fourth-order valence-electron chi connectivity index (χ4n) is 1.38. The van der Waals surface area contributed by atoms with Crippen molar-refractivity contribution in [3.63, 3.8) is 0 Å². The summed E-state index contributed by atoms with van der Waals surface area (Å²) >= 11 is 0. The third-order valence-corrected chi connectivity index (χ3v) is 2.16. The number of hydrogen-bond donors (Lipinski definition) is 0. The predicted octanol–water partition coefficient (Wildman–Crippen LogP) is 2.82. The van der Waals surface area contributed by atoms with E-state index in [1.165, 1.54) is 0 Å². The topological polar surface area (TPSA) is 22.1 Å². The van der Waals surface area contributed by atoms with Gasteiger partial charge >= 0.3 is 0 Å². The van der Waals surface area contributed by atoms with Crippen molar-refractivity contribution in [2.45, 2.75) is 6.92 Å². The molecule has 2 rings (SSSR count). The molecule has 1 aromatic heterocycles. The van der Waals surface area contributed by atoms with E-state index >= 15 is 0 Å². The zero-order valence-corrected chi connectivity index (χ0v) is 9.68. The van der Waals surface area contributed by atoms with Gasteiger partial charge in [-0.15, -0.1) is 0 Å². The largest absolute Gasteiger partial charge is 0.481 e. The number of rotatable bonds is 2. The van der Waals surface area contributed by atoms with Crippen molar-refractivity contribution in [3.8, 4) is 17.6 Å². The first kappa shape index (κ1) is 11.2. The van der Waals surface area contributed by atoms with Gasteiger partial charge in [0, 0.05) is 5.69 Å². The number of pyridine rings is 1. The first-order valence-electron chi connectivity index (χ1n) is 5.45. The minimum absolute atomic E-state index is 0.375. The van der Waals surface area contributed by atoms with Gasteiger partial charge in [0.05, 0.1) is 0 Å². The molecular weight excluding hydrogens is 210 g/mol. The molecule has 1 heterocycles. The van der Waals surface area contributed by atoms with Crippen molar-refractivity contribution in [2.24, 2.45) is 0 Å². The van der Waals surface area contributed by atoms with Gasteiger partial charge in [-0.1, -0.05) is 30.2 Å². The number of para-hydroxylation sites is 1. The van der Waals surface area contributed by atoms with E-state index < -0.39 is 0 Å². The summed E-state index contributed by atoms with van der Waals surface area (Å²) in [5, 5.41) is 0. The van der Waals surface area contributed by atoms with Crippen molar-refractivity contribution in [1.82, 2.24) is 4.98 Å². The third kappa shape index (κ3) is 3.66. The van der Waals surface area contributed by atoms with E-state index in [1.807, 2.05) is 55.5 Å². The van der Waals surface area contributed by atoms with Crippen molar-refractivity contribution >= 4 is 0 Å². The molecule has 0 amide bonds. The predicted molar refractivity (Wildman–Crippen MR) is 67.8 cm³/mol. The van der Waals surface area contributed by atoms with E-state index in [0.29, 0.717) is 6.61 Å². The number of benzene rings is 1. The molecule has 0 saturated carbocycles. The molecule has 0 N–H and O–H groups in total. The summed E-state index contributed by atoms with van der Waals surface area (Å²) in [7, 11) is 0. The van der Waals surface area contributed by atoms with Crippen LogP contribution in [0.3, 0.4) is 0 Å². The molecule has 0 fully saturated rings. The van der Waals surface area contributed by atoms with Crippen molar-refractivity contribution in [1.29, 1.82) is 0 Å². The third-order valence-electron chi connectivity index (χ3n) is 2.16. The molecule has 0 aliphatic rings. The van der Waals surface area contributed by atoms with Crippen molar-refractivity contribution in [2.75, 3.05) is 6.61 Å². The molecule has 2 aromatic rings. The molecule has 0 saturated heterocycles. The van der Waals surface area contributed by atoms with Gasteiger partial charge in [0.1, 0.15) is 18.1 Å². The SMILES string of the molecule is Cc1cccc(C#CCOc2ccccc2)n1. The van der Waals surface area contributed by atoms with E-state index in [4.69, 9.17) is 4.74 Å². The van der Waals surface area contributed by atoms with Crippen LogP contribution in [0.1, 0.15) is 11.4 Å². The van der Waals surface area contributed by atoms with Crippen LogP contribution in [0.2, 0.25) is 0 Å². The Bertz CT molecular complexity index is 538. The van der Waals surface area contributed by atoms with Crippen molar-refractivity contribution in [3.05, 3.63) is 59.9 Å². The van der Waals surface area contributed by atoms with Crippen LogP contribution in [0.25, 0.3) is 0 Å². The average Bonchev–Trinajstić information content (AvgIpc) is 2.36. The maximum absolute atomic E-state index is 5.46. The van der Waals surface area contributed by atoms with Crippen LogP contribution in [-0.2, 0) is 0 Å². The molecule has 0 atom stereocenters. The van der Waals surface area contributed by atoms with E-state index in [-0.39, 0.29) is 0 Å². The Hall–Kier alpha value is -2.27. The molecule has 2 nitrogen and oxygen atoms in total. The van der Waals surface area contributed by atoms with Crippen molar-refractivity contribution < 1.29 is 4.74 Å². The molecule has 2 heteroatoms. The highest BCUT2D eigenvalue weighted by Gasteiger charge is 1.89. The van der Waals surface area contributed by atoms with E-state index in [0.717, 1.165) is 17.1 Å². The molecule has 0 aliphatic heterocycles. The van der Waals surface area contributed by atoms with Crippen LogP contribution in [0.5, 0.6) is 5.75 Å². The lowest BCUT2D eigenvalue weighted by molar-refractivity contribution is 0.370. The lowest BCUT2D eigenvalue weighted by atomic mass is 10.3. The number of hydrogen-bond acceptors (Lipinski definition) is 2. The maximum Gasteiger partial charge on any atom is 0.149 e. The Morgan fingerprint density at radius 2 is 1.88 bits per heavy atom. The molecule has 84 valence electrons. The number of aryl methyl sites for hydroxylation is 1. The molecule has 0 spiro atoms. The normalized spacial score (nSPS) is 9.24. The molecule has 0 radical (unpaired) electrons. The maximum atomic E-state index is 5.46. The summed E-state index contributed by atoms with van der Waals surface area (Å²) in [5.74, 6) is 6.74. The van der Waals surface area contributed by atoms with Crippen LogP contribution in [0.4, 0.5) is 0 Å². The Balaban J connectivity index is 1.91. The Morgan fingerprint density at radius 3 is 2.65 bits per heavy atom. The van der Waals surface area contributed by atoms with Gasteiger partial charge in [0.25, 0.3) is 0 Å². The van der Waals surface area contributed by atoms with Gasteiger partial charge in [-0.2, -0.15) is 0 Å². The zero-order chi connectivity index (χ0) is 11.9. The van der Waals surface area contributed by atoms with Crippen LogP contribution < -0.4 is 4.74 Å². The number of aromatic nitrogens is 1. The average molecular weight is 223 g/mol. The summed E-state index contributed by atoms with van der Waals surface area (Å²) in [6, 6.07) is 15.4. The zero-order valence-electron chi connectivity index (χ0n) is 9.68. The van der Waals surface area contributed by atoms with Gasteiger partial charge in [-0.25, -0.2) is 4.98 Å². The minimum atomic E-state index is 0.375. The number of ether oxygens (including phenoxy) is 1. The van der Waals surface area contributed by atoms with Gasteiger partial charge < -0.3 is 4.74 Å². The highest BCUT2D eigenvalue weighted by Crippen LogP contribution is 2.07. The quantitative estimate of drug-likeness (QED) is 0.730. The first-order chi connectivity index (χ1) is 8.34. The summed E-state index contributed by atoms with van der Waals surface area (Å²) in [6.07, 6.45) is 0. The molecule has 1 aromatic carbocycles. The molecule has 0 aliphatic carbocycles. The first-order valence-corrected chi connectivity index (χ1v) is 5.45. The highest BCUT2D eigenvalue weighted by atomic mass is 16.5. The summed E-state index contributed by atoms with van der Waals surface area (Å²) < 4.78 is 5.46. The van der Waals surface area contributed by atoms with Gasteiger partial charge in [0.15, 0.2) is 0 Å². The van der Waals surface area contributed by atoms with Crippen LogP contribution in [0, 0.1) is 18.8 Å². The minimum Gasteiger partial charge on any atom is -0.481 e. The monoisotopic (exact) mass is 223 g/mol. The second-order valence-corrected chi connectivity index (χ2v) is 3.57. The molecular formula is C15H13NO. The smallest absolute Gasteiger partial charge is 0.149 e. The fraction of sp³-hybridized carbons (Fsp3) is 0.133. The lowest BCUT2D eigenvalue weighted by Gasteiger charge is -1.99. The summed E-state index contributed by atoms with van der Waals surface area (Å²) in [4.78, 5) is 4.29. The fourth-order valence-corrected chi connectivity index (χ4v) is 1.38. The summed E-state index contributed by atoms with van der Waals surface area (Å²) in [6.45, 7) is 2.32. The Kier molecular flexibility index (Phi) is 3.77. The van der Waals surface area contributed by atoms with Crippen LogP contribution >= 0.6 is 0 Å². The van der Waals surface area contributed by atoms with Gasteiger partial charge in [-0.05, 0) is 37.1 Å².